The number of fused-ring (bicyclic) bond motifs is 1. The van der Waals surface area contributed by atoms with Gasteiger partial charge in [0.2, 0.25) is 11.8 Å². The Morgan fingerprint density at radius 1 is 1.15 bits per heavy atom. The van der Waals surface area contributed by atoms with E-state index >= 15 is 0 Å². The second-order valence-electron chi connectivity index (χ2n) is 10.2. The molecule has 1 fully saturated rings. The molecule has 216 valence electrons. The maximum atomic E-state index is 13.6. The van der Waals surface area contributed by atoms with E-state index in [1.165, 1.54) is 30.7 Å². The molecule has 2 N–H and O–H groups in total. The molecule has 0 aliphatic carbocycles. The SMILES string of the molecule is CC(=O)Nc1nc2c(Oc3cc(-c4ccc(C(F)(F)F)nc4N[C@@H](C)C4CCCN4C(C)C)ncn3)cccc2s1. The number of carbonyl (C=O) groups is 1. The summed E-state index contributed by atoms with van der Waals surface area (Å²) < 4.78 is 47.8. The fourth-order valence-electron chi connectivity index (χ4n) is 5.10. The van der Waals surface area contributed by atoms with Crippen LogP contribution >= 0.6 is 11.3 Å². The number of hydrogen-bond acceptors (Lipinski definition) is 9. The summed E-state index contributed by atoms with van der Waals surface area (Å²) in [7, 11) is 0. The van der Waals surface area contributed by atoms with Crippen LogP contribution < -0.4 is 15.4 Å². The third-order valence-electron chi connectivity index (χ3n) is 6.93. The Bertz CT molecular complexity index is 1560. The Hall–Kier alpha value is -3.84. The Kier molecular flexibility index (Phi) is 8.09. The summed E-state index contributed by atoms with van der Waals surface area (Å²) in [5, 5.41) is 6.37. The first-order chi connectivity index (χ1) is 19.5. The molecule has 1 aromatic carbocycles. The van der Waals surface area contributed by atoms with Gasteiger partial charge >= 0.3 is 6.18 Å². The summed E-state index contributed by atoms with van der Waals surface area (Å²) in [6, 6.07) is 9.55. The first-order valence-corrected chi connectivity index (χ1v) is 14.1. The van der Waals surface area contributed by atoms with Crippen molar-refractivity contribution in [2.75, 3.05) is 17.2 Å². The number of benzene rings is 1. The van der Waals surface area contributed by atoms with E-state index in [1.54, 1.807) is 18.2 Å². The molecule has 1 saturated heterocycles. The molecule has 1 unspecified atom stereocenters. The highest BCUT2D eigenvalue weighted by Crippen LogP contribution is 2.37. The number of nitrogens with zero attached hydrogens (tertiary/aromatic N) is 5. The molecule has 4 heterocycles. The Morgan fingerprint density at radius 2 is 1.95 bits per heavy atom. The number of aromatic nitrogens is 4. The van der Waals surface area contributed by atoms with Crippen molar-refractivity contribution in [1.29, 1.82) is 0 Å². The van der Waals surface area contributed by atoms with Gasteiger partial charge < -0.3 is 15.4 Å². The summed E-state index contributed by atoms with van der Waals surface area (Å²) in [5.41, 5.74) is 0.298. The molecular weight excluding hydrogens is 555 g/mol. The molecule has 1 amide bonds. The summed E-state index contributed by atoms with van der Waals surface area (Å²) in [6.45, 7) is 8.56. The number of thiazole rings is 1. The van der Waals surface area contributed by atoms with E-state index in [0.717, 1.165) is 30.2 Å². The standard InChI is InChI=1S/C28H30F3N7O2S/c1-15(2)38-12-6-7-20(38)16(3)34-26-18(10-11-23(36-26)28(29,30)31)19-13-24(33-14-32-19)40-21-8-5-9-22-25(21)37-27(41-22)35-17(4)39/h5,8-11,13-16,20H,6-7,12H2,1-4H3,(H,34,36)(H,35,37,39)/t16-,20?/m0/s1. The minimum Gasteiger partial charge on any atom is -0.437 e. The molecule has 1 aliphatic rings. The molecule has 0 spiro atoms. The van der Waals surface area contributed by atoms with Crippen LogP contribution in [0.25, 0.3) is 21.5 Å². The lowest BCUT2D eigenvalue weighted by atomic mass is 10.1. The highest BCUT2D eigenvalue weighted by molar-refractivity contribution is 7.22. The van der Waals surface area contributed by atoms with Crippen LogP contribution in [-0.4, -0.2) is 55.4 Å². The smallest absolute Gasteiger partial charge is 0.433 e. The van der Waals surface area contributed by atoms with E-state index in [4.69, 9.17) is 4.74 Å². The normalized spacial score (nSPS) is 16.7. The van der Waals surface area contributed by atoms with Gasteiger partial charge in [-0.05, 0) is 64.4 Å². The van der Waals surface area contributed by atoms with Gasteiger partial charge in [-0.1, -0.05) is 17.4 Å². The number of likely N-dealkylation sites (tertiary alicyclic amines) is 1. The Morgan fingerprint density at radius 3 is 2.68 bits per heavy atom. The monoisotopic (exact) mass is 585 g/mol. The second kappa shape index (κ2) is 11.6. The number of amides is 1. The summed E-state index contributed by atoms with van der Waals surface area (Å²) in [5.74, 6) is 0.444. The molecule has 0 saturated carbocycles. The second-order valence-corrected chi connectivity index (χ2v) is 11.2. The maximum absolute atomic E-state index is 13.6. The molecule has 5 rings (SSSR count). The van der Waals surface area contributed by atoms with Crippen LogP contribution in [0.2, 0.25) is 0 Å². The zero-order valence-electron chi connectivity index (χ0n) is 23.0. The minimum atomic E-state index is -4.60. The van der Waals surface area contributed by atoms with Gasteiger partial charge in [-0.2, -0.15) is 13.2 Å². The van der Waals surface area contributed by atoms with Crippen molar-refractivity contribution in [2.45, 2.75) is 64.8 Å². The van der Waals surface area contributed by atoms with E-state index in [2.05, 4.69) is 49.3 Å². The number of rotatable bonds is 8. The number of anilines is 2. The topological polar surface area (TPSA) is 105 Å². The molecule has 9 nitrogen and oxygen atoms in total. The molecule has 13 heteroatoms. The number of ether oxygens (including phenoxy) is 1. The van der Waals surface area contributed by atoms with E-state index in [-0.39, 0.29) is 29.7 Å². The predicted octanol–water partition coefficient (Wildman–Crippen LogP) is 6.59. The molecule has 0 bridgehead atoms. The largest absolute Gasteiger partial charge is 0.437 e. The number of hydrogen-bond donors (Lipinski definition) is 2. The van der Waals surface area contributed by atoms with Crippen molar-refractivity contribution in [3.63, 3.8) is 0 Å². The third kappa shape index (κ3) is 6.41. The van der Waals surface area contributed by atoms with Gasteiger partial charge in [0.1, 0.15) is 23.4 Å². The number of alkyl halides is 3. The fourth-order valence-corrected chi connectivity index (χ4v) is 6.03. The quantitative estimate of drug-likeness (QED) is 0.239. The van der Waals surface area contributed by atoms with Crippen LogP contribution in [0, 0.1) is 0 Å². The zero-order valence-corrected chi connectivity index (χ0v) is 23.8. The molecular formula is C28H30F3N7O2S. The van der Waals surface area contributed by atoms with Crippen LogP contribution in [-0.2, 0) is 11.0 Å². The van der Waals surface area contributed by atoms with Gasteiger partial charge in [-0.3, -0.25) is 9.69 Å². The number of para-hydroxylation sites is 1. The minimum absolute atomic E-state index is 0.0918. The van der Waals surface area contributed by atoms with Crippen molar-refractivity contribution in [3.8, 4) is 22.9 Å². The molecule has 2 atom stereocenters. The third-order valence-corrected chi connectivity index (χ3v) is 7.87. The van der Waals surface area contributed by atoms with Gasteiger partial charge in [-0.25, -0.2) is 19.9 Å². The highest BCUT2D eigenvalue weighted by atomic mass is 32.1. The van der Waals surface area contributed by atoms with Gasteiger partial charge in [0.25, 0.3) is 0 Å². The maximum Gasteiger partial charge on any atom is 0.433 e. The van der Waals surface area contributed by atoms with Gasteiger partial charge in [0.05, 0.1) is 10.4 Å². The van der Waals surface area contributed by atoms with Crippen molar-refractivity contribution >= 4 is 38.4 Å². The van der Waals surface area contributed by atoms with E-state index in [1.807, 2.05) is 13.0 Å². The van der Waals surface area contributed by atoms with Gasteiger partial charge in [0, 0.05) is 36.7 Å². The lowest BCUT2D eigenvalue weighted by Gasteiger charge is -2.33. The van der Waals surface area contributed by atoms with Crippen molar-refractivity contribution in [2.24, 2.45) is 0 Å². The molecule has 41 heavy (non-hydrogen) atoms. The van der Waals surface area contributed by atoms with Crippen molar-refractivity contribution in [1.82, 2.24) is 24.8 Å². The highest BCUT2D eigenvalue weighted by Gasteiger charge is 2.35. The van der Waals surface area contributed by atoms with E-state index < -0.39 is 11.9 Å². The Balaban J connectivity index is 1.47. The number of carbonyl (C=O) groups excluding carboxylic acids is 1. The number of pyridine rings is 1. The van der Waals surface area contributed by atoms with Gasteiger partial charge in [0.15, 0.2) is 10.9 Å². The van der Waals surface area contributed by atoms with Crippen molar-refractivity contribution < 1.29 is 22.7 Å². The zero-order chi connectivity index (χ0) is 29.3. The fraction of sp³-hybridized carbons (Fsp3) is 0.393. The molecule has 0 radical (unpaired) electrons. The molecule has 4 aromatic rings. The number of halogens is 3. The predicted molar refractivity (Wildman–Crippen MR) is 152 cm³/mol. The van der Waals surface area contributed by atoms with Gasteiger partial charge in [-0.15, -0.1) is 0 Å². The lowest BCUT2D eigenvalue weighted by molar-refractivity contribution is -0.141. The van der Waals surface area contributed by atoms with Crippen LogP contribution in [0.15, 0.2) is 42.7 Å². The summed E-state index contributed by atoms with van der Waals surface area (Å²) in [4.78, 5) is 30.8. The van der Waals surface area contributed by atoms with E-state index in [0.29, 0.717) is 33.7 Å². The average molecular weight is 586 g/mol. The lowest BCUT2D eigenvalue weighted by Crippen LogP contribution is -2.45. The number of nitrogens with one attached hydrogen (secondary N) is 2. The van der Waals surface area contributed by atoms with Crippen molar-refractivity contribution in [3.05, 3.63) is 48.4 Å². The van der Waals surface area contributed by atoms with E-state index in [9.17, 15) is 18.0 Å². The van der Waals surface area contributed by atoms with Crippen LogP contribution in [0.5, 0.6) is 11.6 Å². The molecule has 3 aromatic heterocycles. The Labute approximate surface area is 239 Å². The van der Waals surface area contributed by atoms with Crippen LogP contribution in [0.1, 0.15) is 46.2 Å². The molecule has 1 aliphatic heterocycles. The average Bonchev–Trinajstić information content (AvgIpc) is 3.56. The first kappa shape index (κ1) is 28.7. The summed E-state index contributed by atoms with van der Waals surface area (Å²) in [6.07, 6.45) is -1.34. The first-order valence-electron chi connectivity index (χ1n) is 13.3. The van der Waals surface area contributed by atoms with Crippen LogP contribution in [0.3, 0.4) is 0 Å². The summed E-state index contributed by atoms with van der Waals surface area (Å²) >= 11 is 1.31. The van der Waals surface area contributed by atoms with Crippen LogP contribution in [0.4, 0.5) is 24.1 Å².